The van der Waals surface area contributed by atoms with Gasteiger partial charge in [-0.3, -0.25) is 19.7 Å². The molecule has 0 fully saturated rings. The predicted molar refractivity (Wildman–Crippen MR) is 80.4 cm³/mol. The fraction of sp³-hybridized carbons (Fsp3) is 0.0625. The number of hydrogen-bond acceptors (Lipinski definition) is 4. The Balaban J connectivity index is 2.11. The second-order valence-electron chi connectivity index (χ2n) is 5.67. The first kappa shape index (κ1) is 12.2. The van der Waals surface area contributed by atoms with Crippen LogP contribution in [-0.4, -0.2) is 27.8 Å². The first-order chi connectivity index (χ1) is 11.1. The molecule has 2 aliphatic rings. The SMILES string of the molecule is O=C1NC(=O)c2c1c1c(c3c2[nH]c2ccc(O)cc23)C(=O)NC1. The zero-order chi connectivity index (χ0) is 15.9. The van der Waals surface area contributed by atoms with Crippen LogP contribution in [0.5, 0.6) is 5.75 Å². The summed E-state index contributed by atoms with van der Waals surface area (Å²) in [5.74, 6) is -1.19. The van der Waals surface area contributed by atoms with E-state index in [-0.39, 0.29) is 29.3 Å². The Morgan fingerprint density at radius 2 is 1.74 bits per heavy atom. The molecule has 0 aliphatic carbocycles. The van der Waals surface area contributed by atoms with Crippen LogP contribution in [0.25, 0.3) is 21.8 Å². The molecule has 3 heterocycles. The van der Waals surface area contributed by atoms with Crippen LogP contribution in [-0.2, 0) is 6.54 Å². The van der Waals surface area contributed by atoms with Gasteiger partial charge < -0.3 is 15.4 Å². The van der Waals surface area contributed by atoms with Crippen LogP contribution in [0.3, 0.4) is 0 Å². The van der Waals surface area contributed by atoms with Gasteiger partial charge in [0.2, 0.25) is 0 Å². The Hall–Kier alpha value is -3.35. The van der Waals surface area contributed by atoms with Crippen molar-refractivity contribution in [3.05, 3.63) is 40.5 Å². The normalized spacial score (nSPS) is 15.9. The Morgan fingerprint density at radius 1 is 0.957 bits per heavy atom. The number of phenolic OH excluding ortho intramolecular Hbond substituents is 1. The summed E-state index contributed by atoms with van der Waals surface area (Å²) in [4.78, 5) is 39.7. The molecule has 7 nitrogen and oxygen atoms in total. The van der Waals surface area contributed by atoms with E-state index in [2.05, 4.69) is 15.6 Å². The van der Waals surface area contributed by atoms with Gasteiger partial charge in [-0.15, -0.1) is 0 Å². The van der Waals surface area contributed by atoms with Crippen molar-refractivity contribution < 1.29 is 19.5 Å². The van der Waals surface area contributed by atoms with Crippen LogP contribution in [0.15, 0.2) is 18.2 Å². The molecule has 5 rings (SSSR count). The summed E-state index contributed by atoms with van der Waals surface area (Å²) in [5, 5.41) is 16.0. The molecule has 0 bridgehead atoms. The van der Waals surface area contributed by atoms with Crippen molar-refractivity contribution >= 4 is 39.5 Å². The van der Waals surface area contributed by atoms with E-state index in [1.165, 1.54) is 6.07 Å². The zero-order valence-corrected chi connectivity index (χ0v) is 11.6. The number of amides is 3. The maximum absolute atomic E-state index is 12.3. The fourth-order valence-corrected chi connectivity index (χ4v) is 3.57. The van der Waals surface area contributed by atoms with Gasteiger partial charge in [-0.25, -0.2) is 0 Å². The summed E-state index contributed by atoms with van der Waals surface area (Å²) in [5.41, 5.74) is 2.56. The summed E-state index contributed by atoms with van der Waals surface area (Å²) < 4.78 is 0. The maximum atomic E-state index is 12.3. The smallest absolute Gasteiger partial charge is 0.261 e. The molecular formula is C16H9N3O4. The lowest BCUT2D eigenvalue weighted by Crippen LogP contribution is -2.20. The first-order valence-electron chi connectivity index (χ1n) is 7.03. The Bertz CT molecular complexity index is 1110. The third-order valence-electron chi connectivity index (χ3n) is 4.47. The topological polar surface area (TPSA) is 111 Å². The molecule has 112 valence electrons. The molecular weight excluding hydrogens is 298 g/mol. The molecule has 0 unspecified atom stereocenters. The lowest BCUT2D eigenvalue weighted by molar-refractivity contribution is 0.0878. The highest BCUT2D eigenvalue weighted by Crippen LogP contribution is 2.40. The Morgan fingerprint density at radius 3 is 2.57 bits per heavy atom. The summed E-state index contributed by atoms with van der Waals surface area (Å²) in [6.45, 7) is 0.207. The van der Waals surface area contributed by atoms with Gasteiger partial charge in [-0.1, -0.05) is 0 Å². The number of phenols is 1. The fourth-order valence-electron chi connectivity index (χ4n) is 3.57. The third-order valence-corrected chi connectivity index (χ3v) is 4.47. The van der Waals surface area contributed by atoms with E-state index in [4.69, 9.17) is 0 Å². The molecule has 0 radical (unpaired) electrons. The van der Waals surface area contributed by atoms with Crippen molar-refractivity contribution in [1.82, 2.24) is 15.6 Å². The van der Waals surface area contributed by atoms with E-state index < -0.39 is 11.8 Å². The van der Waals surface area contributed by atoms with E-state index in [9.17, 15) is 19.5 Å². The highest BCUT2D eigenvalue weighted by Gasteiger charge is 2.39. The van der Waals surface area contributed by atoms with Crippen LogP contribution in [0, 0.1) is 0 Å². The van der Waals surface area contributed by atoms with Gasteiger partial charge in [0.1, 0.15) is 5.75 Å². The van der Waals surface area contributed by atoms with Crippen LogP contribution < -0.4 is 10.6 Å². The molecule has 3 aromatic rings. The number of benzene rings is 2. The molecule has 0 atom stereocenters. The third kappa shape index (κ3) is 1.32. The second-order valence-corrected chi connectivity index (χ2v) is 5.67. The number of fused-ring (bicyclic) bond motifs is 8. The van der Waals surface area contributed by atoms with Gasteiger partial charge in [0.15, 0.2) is 0 Å². The minimum absolute atomic E-state index is 0.0616. The average molecular weight is 307 g/mol. The van der Waals surface area contributed by atoms with Gasteiger partial charge >= 0.3 is 0 Å². The van der Waals surface area contributed by atoms with Crippen molar-refractivity contribution in [2.45, 2.75) is 6.54 Å². The monoisotopic (exact) mass is 307 g/mol. The minimum atomic E-state index is -0.485. The van der Waals surface area contributed by atoms with Crippen molar-refractivity contribution in [1.29, 1.82) is 0 Å². The maximum Gasteiger partial charge on any atom is 0.261 e. The average Bonchev–Trinajstić information content (AvgIpc) is 3.14. The highest BCUT2D eigenvalue weighted by molar-refractivity contribution is 6.32. The highest BCUT2D eigenvalue weighted by atomic mass is 16.3. The first-order valence-corrected chi connectivity index (χ1v) is 7.03. The van der Waals surface area contributed by atoms with E-state index >= 15 is 0 Å². The molecule has 3 amide bonds. The van der Waals surface area contributed by atoms with Crippen molar-refractivity contribution in [2.75, 3.05) is 0 Å². The molecule has 4 N–H and O–H groups in total. The zero-order valence-electron chi connectivity index (χ0n) is 11.6. The Kier molecular flexibility index (Phi) is 1.96. The van der Waals surface area contributed by atoms with Gasteiger partial charge in [0, 0.05) is 22.8 Å². The van der Waals surface area contributed by atoms with Gasteiger partial charge in [0.05, 0.1) is 22.2 Å². The lowest BCUT2D eigenvalue weighted by atomic mass is 9.93. The summed E-state index contributed by atoms with van der Waals surface area (Å²) >= 11 is 0. The Labute approximate surface area is 128 Å². The van der Waals surface area contributed by atoms with Crippen LogP contribution in [0.4, 0.5) is 0 Å². The number of carbonyl (C=O) groups is 3. The second kappa shape index (κ2) is 3.70. The molecule has 2 aliphatic heterocycles. The van der Waals surface area contributed by atoms with Crippen LogP contribution in [0.2, 0.25) is 0 Å². The van der Waals surface area contributed by atoms with E-state index in [0.717, 1.165) is 0 Å². The van der Waals surface area contributed by atoms with Crippen LogP contribution >= 0.6 is 0 Å². The summed E-state index contributed by atoms with van der Waals surface area (Å²) in [6.07, 6.45) is 0. The van der Waals surface area contributed by atoms with Crippen LogP contribution in [0.1, 0.15) is 36.6 Å². The number of nitrogens with one attached hydrogen (secondary N) is 3. The van der Waals surface area contributed by atoms with E-state index in [1.54, 1.807) is 12.1 Å². The van der Waals surface area contributed by atoms with Crippen molar-refractivity contribution in [3.63, 3.8) is 0 Å². The molecule has 7 heteroatoms. The predicted octanol–water partition coefficient (Wildman–Crippen LogP) is 1.15. The number of rotatable bonds is 0. The van der Waals surface area contributed by atoms with Crippen molar-refractivity contribution in [2.24, 2.45) is 0 Å². The number of hydrogen-bond donors (Lipinski definition) is 4. The van der Waals surface area contributed by atoms with Gasteiger partial charge in [0.25, 0.3) is 17.7 Å². The molecule has 0 saturated heterocycles. The van der Waals surface area contributed by atoms with Crippen molar-refractivity contribution in [3.8, 4) is 5.75 Å². The quantitative estimate of drug-likeness (QED) is 0.467. The number of carbonyl (C=O) groups excluding carboxylic acids is 3. The summed E-state index contributed by atoms with van der Waals surface area (Å²) in [7, 11) is 0. The number of aromatic hydroxyl groups is 1. The number of imide groups is 1. The number of aromatic nitrogens is 1. The molecule has 23 heavy (non-hydrogen) atoms. The van der Waals surface area contributed by atoms with Gasteiger partial charge in [-0.05, 0) is 23.8 Å². The number of aromatic amines is 1. The van der Waals surface area contributed by atoms with Gasteiger partial charge in [-0.2, -0.15) is 0 Å². The molecule has 0 saturated carbocycles. The summed E-state index contributed by atoms with van der Waals surface area (Å²) in [6, 6.07) is 4.73. The largest absolute Gasteiger partial charge is 0.508 e. The molecule has 2 aromatic carbocycles. The molecule has 0 spiro atoms. The minimum Gasteiger partial charge on any atom is -0.508 e. The lowest BCUT2D eigenvalue weighted by Gasteiger charge is -2.05. The number of H-pyrrole nitrogens is 1. The standard InChI is InChI=1S/C16H9N3O4/c20-5-1-2-8-6(3-5)9-10-7(4-17-14(10)21)11-12(13(9)18-8)16(23)19-15(11)22/h1-3,18,20H,4H2,(H,17,21)(H,19,22,23). The van der Waals surface area contributed by atoms with E-state index in [1.807, 2.05) is 0 Å². The molecule has 1 aromatic heterocycles. The van der Waals surface area contributed by atoms with E-state index in [0.29, 0.717) is 32.9 Å².